The minimum atomic E-state index is -0.425. The number of hydrogen-bond donors (Lipinski definition) is 0. The van der Waals surface area contributed by atoms with E-state index in [0.717, 1.165) is 89.9 Å². The number of Topliss-reactive ketones (excluding diaryl/α,β-unsaturated/α-hetero) is 2. The molecule has 0 aromatic heterocycles. The van der Waals surface area contributed by atoms with Gasteiger partial charge in [-0.1, -0.05) is 79.1 Å². The number of carbonyl (C=O) groups excluding carboxylic acids is 2. The Kier molecular flexibility index (Phi) is 9.85. The lowest BCUT2D eigenvalue weighted by Gasteiger charge is -2.50. The Morgan fingerprint density at radius 1 is 0.724 bits per heavy atom. The fraction of sp³-hybridized carbons (Fsp3) is 0.923. The lowest BCUT2D eigenvalue weighted by atomic mass is 9.55. The molecule has 0 aromatic carbocycles. The van der Waals surface area contributed by atoms with Gasteiger partial charge in [0.05, 0.1) is 24.0 Å². The highest BCUT2D eigenvalue weighted by Crippen LogP contribution is 2.52. The largest absolute Gasteiger partial charge is 0.379 e. The van der Waals surface area contributed by atoms with Crippen LogP contribution < -0.4 is 0 Å². The Bertz CT molecular complexity index is 486. The van der Waals surface area contributed by atoms with Crippen molar-refractivity contribution in [3.8, 4) is 0 Å². The number of ketones is 2. The van der Waals surface area contributed by atoms with Gasteiger partial charge in [-0.15, -0.1) is 0 Å². The maximum Gasteiger partial charge on any atom is 0.149 e. The molecule has 4 unspecified atom stereocenters. The molecule has 3 nitrogen and oxygen atoms in total. The van der Waals surface area contributed by atoms with E-state index in [1.165, 1.54) is 0 Å². The van der Waals surface area contributed by atoms with Crippen LogP contribution in [0.25, 0.3) is 0 Å². The van der Waals surface area contributed by atoms with E-state index in [2.05, 4.69) is 27.7 Å². The van der Waals surface area contributed by atoms with Gasteiger partial charge in [0.2, 0.25) is 0 Å². The third kappa shape index (κ3) is 5.71. The first kappa shape index (κ1) is 24.6. The summed E-state index contributed by atoms with van der Waals surface area (Å²) in [6, 6.07) is 0. The van der Waals surface area contributed by atoms with Crippen molar-refractivity contribution >= 4 is 11.6 Å². The lowest BCUT2D eigenvalue weighted by molar-refractivity contribution is -0.171. The van der Waals surface area contributed by atoms with Crippen LogP contribution in [0.4, 0.5) is 0 Å². The number of rotatable bonds is 12. The van der Waals surface area contributed by atoms with Crippen molar-refractivity contribution in [1.82, 2.24) is 0 Å². The maximum atomic E-state index is 14.2. The van der Waals surface area contributed by atoms with Gasteiger partial charge in [-0.2, -0.15) is 0 Å². The number of hydrogen-bond acceptors (Lipinski definition) is 3. The topological polar surface area (TPSA) is 43.4 Å². The summed E-state index contributed by atoms with van der Waals surface area (Å²) >= 11 is 0. The highest BCUT2D eigenvalue weighted by molar-refractivity contribution is 5.94. The molecule has 0 radical (unpaired) electrons. The van der Waals surface area contributed by atoms with Gasteiger partial charge in [-0.05, 0) is 38.5 Å². The van der Waals surface area contributed by atoms with E-state index in [4.69, 9.17) is 4.74 Å². The van der Waals surface area contributed by atoms with Crippen LogP contribution in [-0.4, -0.2) is 24.8 Å². The first-order valence-electron chi connectivity index (χ1n) is 12.6. The van der Waals surface area contributed by atoms with Crippen LogP contribution in [0.2, 0.25) is 0 Å². The third-order valence-electron chi connectivity index (χ3n) is 7.63. The molecule has 0 N–H and O–H groups in total. The van der Waals surface area contributed by atoms with Crippen LogP contribution in [0.15, 0.2) is 0 Å². The molecule has 2 fully saturated rings. The molecule has 29 heavy (non-hydrogen) atoms. The number of carbonyl (C=O) groups is 2. The van der Waals surface area contributed by atoms with Gasteiger partial charge in [0, 0.05) is 11.8 Å². The van der Waals surface area contributed by atoms with Crippen molar-refractivity contribution < 1.29 is 14.3 Å². The molecule has 1 saturated carbocycles. The van der Waals surface area contributed by atoms with Crippen molar-refractivity contribution in [2.75, 3.05) is 13.2 Å². The second-order valence-corrected chi connectivity index (χ2v) is 10.1. The smallest absolute Gasteiger partial charge is 0.149 e. The summed E-state index contributed by atoms with van der Waals surface area (Å²) in [5.41, 5.74) is -0.850. The Morgan fingerprint density at radius 3 is 1.52 bits per heavy atom. The summed E-state index contributed by atoms with van der Waals surface area (Å²) in [6.45, 7) is 9.85. The Morgan fingerprint density at radius 2 is 1.14 bits per heavy atom. The predicted molar refractivity (Wildman–Crippen MR) is 120 cm³/mol. The third-order valence-corrected chi connectivity index (χ3v) is 7.63. The summed E-state index contributed by atoms with van der Waals surface area (Å²) in [5, 5.41) is 0. The van der Waals surface area contributed by atoms with Gasteiger partial charge < -0.3 is 4.74 Å². The van der Waals surface area contributed by atoms with E-state index >= 15 is 0 Å². The molecule has 0 amide bonds. The van der Waals surface area contributed by atoms with Gasteiger partial charge in [-0.25, -0.2) is 0 Å². The van der Waals surface area contributed by atoms with Crippen LogP contribution in [0, 0.1) is 22.7 Å². The molecule has 1 aliphatic heterocycles. The molecule has 1 heterocycles. The summed E-state index contributed by atoms with van der Waals surface area (Å²) in [7, 11) is 0. The zero-order chi connectivity index (χ0) is 21.3. The van der Waals surface area contributed by atoms with E-state index in [-0.39, 0.29) is 11.8 Å². The average molecular weight is 407 g/mol. The van der Waals surface area contributed by atoms with Crippen molar-refractivity contribution in [2.45, 2.75) is 118 Å². The lowest BCUT2D eigenvalue weighted by Crippen LogP contribution is -2.57. The van der Waals surface area contributed by atoms with E-state index in [1.807, 2.05) is 0 Å². The van der Waals surface area contributed by atoms with Gasteiger partial charge in [-0.3, -0.25) is 9.59 Å². The first-order valence-corrected chi connectivity index (χ1v) is 12.6. The molecule has 4 atom stereocenters. The Balaban J connectivity index is 2.44. The van der Waals surface area contributed by atoms with Crippen LogP contribution in [0.5, 0.6) is 0 Å². The zero-order valence-corrected chi connectivity index (χ0v) is 19.7. The molecule has 2 bridgehead atoms. The van der Waals surface area contributed by atoms with E-state index in [1.54, 1.807) is 0 Å². The molecule has 2 aliphatic rings. The Labute approximate surface area is 179 Å². The van der Waals surface area contributed by atoms with Gasteiger partial charge in [0.1, 0.15) is 11.6 Å². The normalized spacial score (nSPS) is 32.8. The standard InChI is InChI=1S/C26H46O3/c1-5-9-13-21-17-25(15-11-7-3)19-29-20-26(24(25)28,16-12-8-4)18-22(23(21)27)14-10-6-2/h21-22H,5-20H2,1-4H3. The summed E-state index contributed by atoms with van der Waals surface area (Å²) in [4.78, 5) is 27.9. The van der Waals surface area contributed by atoms with Crippen molar-refractivity contribution in [2.24, 2.45) is 22.7 Å². The average Bonchev–Trinajstić information content (AvgIpc) is 2.73. The van der Waals surface area contributed by atoms with Crippen LogP contribution in [0.3, 0.4) is 0 Å². The summed E-state index contributed by atoms with van der Waals surface area (Å²) < 4.78 is 6.25. The van der Waals surface area contributed by atoms with Crippen molar-refractivity contribution in [3.63, 3.8) is 0 Å². The van der Waals surface area contributed by atoms with E-state index in [0.29, 0.717) is 24.8 Å². The molecule has 0 spiro atoms. The number of ether oxygens (including phenoxy) is 1. The molecule has 1 saturated heterocycles. The number of fused-ring (bicyclic) bond motifs is 2. The Hall–Kier alpha value is -0.700. The molecular weight excluding hydrogens is 360 g/mol. The fourth-order valence-electron chi connectivity index (χ4n) is 5.91. The predicted octanol–water partition coefficient (Wildman–Crippen LogP) is 6.91. The highest BCUT2D eigenvalue weighted by atomic mass is 16.5. The zero-order valence-electron chi connectivity index (χ0n) is 19.7. The second-order valence-electron chi connectivity index (χ2n) is 10.1. The highest BCUT2D eigenvalue weighted by Gasteiger charge is 2.57. The molecular formula is C26H46O3. The van der Waals surface area contributed by atoms with Gasteiger partial charge in [0.25, 0.3) is 0 Å². The number of unbranched alkanes of at least 4 members (excludes halogenated alkanes) is 4. The van der Waals surface area contributed by atoms with Crippen LogP contribution in [0.1, 0.15) is 118 Å². The van der Waals surface area contributed by atoms with Gasteiger partial charge in [0.15, 0.2) is 0 Å². The van der Waals surface area contributed by atoms with Crippen molar-refractivity contribution in [1.29, 1.82) is 0 Å². The van der Waals surface area contributed by atoms with Crippen LogP contribution in [-0.2, 0) is 14.3 Å². The maximum absolute atomic E-state index is 14.2. The fourth-order valence-corrected chi connectivity index (χ4v) is 5.91. The SMILES string of the molecule is CCCCC1CC2(CCCC)COCC(CCCC)(CC(CCCC)C1=O)C2=O. The minimum Gasteiger partial charge on any atom is -0.379 e. The molecule has 2 rings (SSSR count). The molecule has 168 valence electrons. The summed E-state index contributed by atoms with van der Waals surface area (Å²) in [5.74, 6) is 1.03. The quantitative estimate of drug-likeness (QED) is 0.353. The monoisotopic (exact) mass is 406 g/mol. The van der Waals surface area contributed by atoms with Crippen molar-refractivity contribution in [3.05, 3.63) is 0 Å². The molecule has 3 heteroatoms. The van der Waals surface area contributed by atoms with E-state index in [9.17, 15) is 9.59 Å². The first-order chi connectivity index (χ1) is 14.0. The van der Waals surface area contributed by atoms with Gasteiger partial charge >= 0.3 is 0 Å². The van der Waals surface area contributed by atoms with E-state index < -0.39 is 10.8 Å². The molecule has 1 aliphatic carbocycles. The van der Waals surface area contributed by atoms with Crippen LogP contribution >= 0.6 is 0 Å². The minimum absolute atomic E-state index is 0.0449. The summed E-state index contributed by atoms with van der Waals surface area (Å²) in [6.07, 6.45) is 13.8. The molecule has 0 aromatic rings. The second kappa shape index (κ2) is 11.6.